The van der Waals surface area contributed by atoms with Crippen LogP contribution in [0.25, 0.3) is 11.4 Å². The number of esters is 1. The summed E-state index contributed by atoms with van der Waals surface area (Å²) in [7, 11) is -2.27. The van der Waals surface area contributed by atoms with Gasteiger partial charge in [0.05, 0.1) is 13.0 Å². The molecule has 3 heterocycles. The van der Waals surface area contributed by atoms with Gasteiger partial charge in [-0.05, 0) is 38.8 Å². The summed E-state index contributed by atoms with van der Waals surface area (Å²) in [6.45, 7) is 3.24. The number of piperidine rings is 1. The molecule has 1 saturated heterocycles. The molecule has 33 heavy (non-hydrogen) atoms. The van der Waals surface area contributed by atoms with Gasteiger partial charge < -0.3 is 18.5 Å². The number of carbonyl (C=O) groups is 1. The number of aryl methyl sites for hydroxylation is 2. The molecule has 176 valence electrons. The molecule has 3 aromatic rings. The zero-order valence-electron chi connectivity index (χ0n) is 18.5. The van der Waals surface area contributed by atoms with Crippen LogP contribution in [0.5, 0.6) is 5.75 Å². The standard InChI is InChI=1S/C21H24N4O7S/c1-13-19(14(2)31-23-13)33(27,28)25-9-5-7-16(11-25)21(26)30-12-18-22-20(24-32-18)15-6-4-8-17(10-15)29-3/h4,6,8,10,16H,5,7,9,11-12H2,1-3H3. The number of hydrogen-bond acceptors (Lipinski definition) is 10. The van der Waals surface area contributed by atoms with Crippen molar-refractivity contribution in [3.05, 3.63) is 41.6 Å². The molecule has 0 aliphatic carbocycles. The monoisotopic (exact) mass is 476 g/mol. The van der Waals surface area contributed by atoms with Gasteiger partial charge >= 0.3 is 5.97 Å². The highest BCUT2D eigenvalue weighted by molar-refractivity contribution is 7.89. The van der Waals surface area contributed by atoms with E-state index in [1.54, 1.807) is 45.2 Å². The van der Waals surface area contributed by atoms with Gasteiger partial charge in [0.15, 0.2) is 12.4 Å². The summed E-state index contributed by atoms with van der Waals surface area (Å²) < 4.78 is 48.1. The molecule has 1 aliphatic heterocycles. The Hall–Kier alpha value is -3.25. The van der Waals surface area contributed by atoms with Gasteiger partial charge in [-0.25, -0.2) is 8.42 Å². The molecule has 0 saturated carbocycles. The Morgan fingerprint density at radius 1 is 1.24 bits per heavy atom. The maximum atomic E-state index is 13.1. The van der Waals surface area contributed by atoms with Gasteiger partial charge in [-0.1, -0.05) is 22.4 Å². The minimum Gasteiger partial charge on any atom is -0.497 e. The SMILES string of the molecule is COc1cccc(-c2noc(COC(=O)C3CCCN(S(=O)(=O)c4c(C)noc4C)C3)n2)c1. The van der Waals surface area contributed by atoms with E-state index in [-0.39, 0.29) is 29.7 Å². The van der Waals surface area contributed by atoms with Gasteiger partial charge in [-0.2, -0.15) is 9.29 Å². The molecule has 1 aromatic carbocycles. The van der Waals surface area contributed by atoms with Crippen LogP contribution in [0.1, 0.15) is 30.2 Å². The maximum absolute atomic E-state index is 13.1. The van der Waals surface area contributed by atoms with Crippen LogP contribution >= 0.6 is 0 Å². The predicted octanol–water partition coefficient (Wildman–Crippen LogP) is 2.49. The van der Waals surface area contributed by atoms with Gasteiger partial charge in [-0.15, -0.1) is 0 Å². The minimum absolute atomic E-state index is 0.0180. The van der Waals surface area contributed by atoms with Gasteiger partial charge in [0, 0.05) is 18.7 Å². The molecule has 11 nitrogen and oxygen atoms in total. The summed E-state index contributed by atoms with van der Waals surface area (Å²) in [4.78, 5) is 16.9. The second kappa shape index (κ2) is 9.32. The number of methoxy groups -OCH3 is 1. The molecular formula is C21H24N4O7S. The van der Waals surface area contributed by atoms with Crippen molar-refractivity contribution in [2.75, 3.05) is 20.2 Å². The van der Waals surface area contributed by atoms with Crippen molar-refractivity contribution in [3.63, 3.8) is 0 Å². The number of benzene rings is 1. The fourth-order valence-corrected chi connectivity index (χ4v) is 5.58. The zero-order chi connectivity index (χ0) is 23.6. The third-order valence-electron chi connectivity index (χ3n) is 5.42. The van der Waals surface area contributed by atoms with Crippen LogP contribution in [0.3, 0.4) is 0 Å². The number of hydrogen-bond donors (Lipinski definition) is 0. The van der Waals surface area contributed by atoms with Gasteiger partial charge in [0.1, 0.15) is 16.3 Å². The average molecular weight is 477 g/mol. The molecule has 1 atom stereocenters. The molecule has 1 aliphatic rings. The van der Waals surface area contributed by atoms with Crippen LogP contribution in [0.4, 0.5) is 0 Å². The van der Waals surface area contributed by atoms with Crippen LogP contribution in [0.2, 0.25) is 0 Å². The Kier molecular flexibility index (Phi) is 6.47. The number of sulfonamides is 1. The Labute approximate surface area is 190 Å². The highest BCUT2D eigenvalue weighted by Crippen LogP contribution is 2.28. The molecule has 0 amide bonds. The summed E-state index contributed by atoms with van der Waals surface area (Å²) in [5, 5.41) is 7.63. The van der Waals surface area contributed by atoms with E-state index in [1.807, 2.05) is 0 Å². The average Bonchev–Trinajstić information content (AvgIpc) is 3.44. The molecule has 12 heteroatoms. The van der Waals surface area contributed by atoms with Crippen LogP contribution in [0.15, 0.2) is 38.2 Å². The lowest BCUT2D eigenvalue weighted by atomic mass is 10.0. The van der Waals surface area contributed by atoms with Crippen LogP contribution in [-0.4, -0.2) is 54.2 Å². The lowest BCUT2D eigenvalue weighted by molar-refractivity contribution is -0.151. The van der Waals surface area contributed by atoms with Gasteiger partial charge in [0.25, 0.3) is 5.89 Å². The Balaban J connectivity index is 1.39. The zero-order valence-corrected chi connectivity index (χ0v) is 19.3. The van der Waals surface area contributed by atoms with Crippen LogP contribution in [-0.2, 0) is 26.2 Å². The number of rotatable bonds is 7. The topological polar surface area (TPSA) is 138 Å². The van der Waals surface area contributed by atoms with Crippen LogP contribution in [0, 0.1) is 19.8 Å². The lowest BCUT2D eigenvalue weighted by Crippen LogP contribution is -2.43. The quantitative estimate of drug-likeness (QED) is 0.467. The normalized spacial score (nSPS) is 17.1. The molecule has 1 fully saturated rings. The smallest absolute Gasteiger partial charge is 0.310 e. The fraction of sp³-hybridized carbons (Fsp3) is 0.429. The predicted molar refractivity (Wildman–Crippen MR) is 114 cm³/mol. The molecule has 0 bridgehead atoms. The van der Waals surface area contributed by atoms with Crippen molar-refractivity contribution in [1.29, 1.82) is 0 Å². The van der Waals surface area contributed by atoms with Crippen molar-refractivity contribution < 1.29 is 31.7 Å². The van der Waals surface area contributed by atoms with E-state index in [1.165, 1.54) is 4.31 Å². The third-order valence-corrected chi connectivity index (χ3v) is 7.53. The summed E-state index contributed by atoms with van der Waals surface area (Å²) in [6, 6.07) is 7.16. The lowest BCUT2D eigenvalue weighted by Gasteiger charge is -2.30. The Bertz CT molecular complexity index is 1230. The van der Waals surface area contributed by atoms with Gasteiger partial charge in [0.2, 0.25) is 15.8 Å². The Morgan fingerprint density at radius 2 is 2.06 bits per heavy atom. The number of nitrogens with zero attached hydrogens (tertiary/aromatic N) is 4. The summed E-state index contributed by atoms with van der Waals surface area (Å²) >= 11 is 0. The highest BCUT2D eigenvalue weighted by Gasteiger charge is 2.37. The maximum Gasteiger partial charge on any atom is 0.310 e. The molecule has 1 unspecified atom stereocenters. The molecular weight excluding hydrogens is 452 g/mol. The minimum atomic E-state index is -3.83. The van der Waals surface area contributed by atoms with Crippen LogP contribution < -0.4 is 4.74 Å². The van der Waals surface area contributed by atoms with Crippen molar-refractivity contribution in [2.24, 2.45) is 5.92 Å². The van der Waals surface area contributed by atoms with Crippen molar-refractivity contribution >= 4 is 16.0 Å². The molecule has 0 radical (unpaired) electrons. The van der Waals surface area contributed by atoms with E-state index in [0.717, 1.165) is 0 Å². The van der Waals surface area contributed by atoms with E-state index in [0.29, 0.717) is 42.2 Å². The first kappa shape index (κ1) is 22.9. The first-order chi connectivity index (χ1) is 15.8. The van der Waals surface area contributed by atoms with Crippen molar-refractivity contribution in [1.82, 2.24) is 19.6 Å². The van der Waals surface area contributed by atoms with E-state index < -0.39 is 21.9 Å². The second-order valence-corrected chi connectivity index (χ2v) is 9.58. The van der Waals surface area contributed by atoms with E-state index >= 15 is 0 Å². The molecule has 0 N–H and O–H groups in total. The number of carbonyl (C=O) groups excluding carboxylic acids is 1. The summed E-state index contributed by atoms with van der Waals surface area (Å²) in [5.41, 5.74) is 0.989. The van der Waals surface area contributed by atoms with E-state index in [4.69, 9.17) is 18.5 Å². The summed E-state index contributed by atoms with van der Waals surface area (Å²) in [5.74, 6) is 0.232. The number of ether oxygens (including phenoxy) is 2. The number of aromatic nitrogens is 3. The van der Waals surface area contributed by atoms with Gasteiger partial charge in [-0.3, -0.25) is 4.79 Å². The highest BCUT2D eigenvalue weighted by atomic mass is 32.2. The van der Waals surface area contributed by atoms with E-state index in [2.05, 4.69) is 15.3 Å². The first-order valence-electron chi connectivity index (χ1n) is 10.4. The fourth-order valence-electron chi connectivity index (χ4n) is 3.77. The van der Waals surface area contributed by atoms with E-state index in [9.17, 15) is 13.2 Å². The molecule has 0 spiro atoms. The first-order valence-corrected chi connectivity index (χ1v) is 11.8. The third kappa shape index (κ3) is 4.76. The Morgan fingerprint density at radius 3 is 2.79 bits per heavy atom. The largest absolute Gasteiger partial charge is 0.497 e. The second-order valence-electron chi connectivity index (χ2n) is 7.71. The molecule has 4 rings (SSSR count). The van der Waals surface area contributed by atoms with Crippen molar-refractivity contribution in [2.45, 2.75) is 38.2 Å². The summed E-state index contributed by atoms with van der Waals surface area (Å²) in [6.07, 6.45) is 1.05. The van der Waals surface area contributed by atoms with Crippen molar-refractivity contribution in [3.8, 4) is 17.1 Å². The molecule has 2 aromatic heterocycles.